The van der Waals surface area contributed by atoms with Gasteiger partial charge in [0.25, 0.3) is 0 Å². The van der Waals surface area contributed by atoms with Gasteiger partial charge in [0.15, 0.2) is 0 Å². The van der Waals surface area contributed by atoms with Gasteiger partial charge in [0, 0.05) is 57.4 Å². The Labute approximate surface area is 410 Å². The highest BCUT2D eigenvalue weighted by Crippen LogP contribution is 2.41. The zero-order valence-electron chi connectivity index (χ0n) is 37.6. The van der Waals surface area contributed by atoms with Crippen molar-refractivity contribution in [2.75, 3.05) is 4.90 Å². The van der Waals surface area contributed by atoms with Crippen LogP contribution in [0.3, 0.4) is 0 Å². The van der Waals surface area contributed by atoms with Gasteiger partial charge in [-0.3, -0.25) is 0 Å². The molecule has 0 aliphatic heterocycles. The molecule has 0 N–H and O–H groups in total. The fraction of sp³-hybridized carbons (Fsp3) is 0. The van der Waals surface area contributed by atoms with Crippen molar-refractivity contribution in [2.24, 2.45) is 0 Å². The predicted molar refractivity (Wildman–Crippen MR) is 300 cm³/mol. The average molecular weight is 914 g/mol. The van der Waals surface area contributed by atoms with Crippen molar-refractivity contribution < 1.29 is 0 Å². The first-order valence-corrected chi connectivity index (χ1v) is 25.1. The molecule has 11 aromatic carbocycles. The molecule has 3 heteroatoms. The van der Waals surface area contributed by atoms with Crippen molar-refractivity contribution in [1.29, 1.82) is 0 Å². The fourth-order valence-corrected chi connectivity index (χ4v) is 12.0. The Kier molecular flexibility index (Phi) is 10.3. The van der Waals surface area contributed by atoms with Crippen LogP contribution in [0.5, 0.6) is 0 Å². The number of fused-ring (bicyclic) bond motifs is 6. The van der Waals surface area contributed by atoms with Crippen LogP contribution in [0.1, 0.15) is 0 Å². The SMILES string of the molecule is c1ccc(-c2ccc(-c3ccc(N(c4ccc(-c5ccc(-c6ccc7sc8ccccc8c7c6)cc5)cc4)c4ccc(-c5ccc(-c6ccc7sc8ccccc8c7c6)cc5)cc4)cc3)cc2)cc1. The van der Waals surface area contributed by atoms with E-state index in [0.717, 1.165) is 17.1 Å². The second kappa shape index (κ2) is 17.4. The summed E-state index contributed by atoms with van der Waals surface area (Å²) in [5.74, 6) is 0. The first kappa shape index (κ1) is 40.9. The molecule has 0 aliphatic rings. The van der Waals surface area contributed by atoms with Gasteiger partial charge in [0.05, 0.1) is 0 Å². The Morgan fingerprint density at radius 2 is 0.435 bits per heavy atom. The zero-order chi connectivity index (χ0) is 45.7. The summed E-state index contributed by atoms with van der Waals surface area (Å²) in [5, 5.41) is 5.30. The molecule has 0 saturated heterocycles. The zero-order valence-corrected chi connectivity index (χ0v) is 39.2. The molecule has 0 spiro atoms. The van der Waals surface area contributed by atoms with E-state index < -0.39 is 0 Å². The summed E-state index contributed by atoms with van der Waals surface area (Å²) in [6.45, 7) is 0. The number of hydrogen-bond donors (Lipinski definition) is 0. The molecule has 0 aliphatic carbocycles. The minimum absolute atomic E-state index is 1.10. The lowest BCUT2D eigenvalue weighted by molar-refractivity contribution is 1.28. The number of nitrogens with zero attached hydrogens (tertiary/aromatic N) is 1. The molecule has 324 valence electrons. The van der Waals surface area contributed by atoms with Gasteiger partial charge in [-0.2, -0.15) is 0 Å². The van der Waals surface area contributed by atoms with Gasteiger partial charge in [-0.1, -0.05) is 188 Å². The van der Waals surface area contributed by atoms with Crippen molar-refractivity contribution in [3.63, 3.8) is 0 Å². The Hall–Kier alpha value is -8.34. The number of thiophene rings is 2. The van der Waals surface area contributed by atoms with Crippen molar-refractivity contribution in [3.8, 4) is 66.8 Å². The van der Waals surface area contributed by atoms with Gasteiger partial charge < -0.3 is 4.90 Å². The highest BCUT2D eigenvalue weighted by atomic mass is 32.1. The molecule has 0 saturated carbocycles. The maximum absolute atomic E-state index is 2.36. The number of anilines is 3. The molecule has 0 bridgehead atoms. The highest BCUT2D eigenvalue weighted by molar-refractivity contribution is 7.26. The van der Waals surface area contributed by atoms with Crippen LogP contribution in [0.25, 0.3) is 107 Å². The summed E-state index contributed by atoms with van der Waals surface area (Å²) in [6, 6.07) is 95.5. The van der Waals surface area contributed by atoms with Gasteiger partial charge in [-0.25, -0.2) is 0 Å². The summed E-state index contributed by atoms with van der Waals surface area (Å²) in [7, 11) is 0. The first-order chi connectivity index (χ1) is 34.1. The summed E-state index contributed by atoms with van der Waals surface area (Å²) in [5.41, 5.74) is 17.8. The normalized spacial score (nSPS) is 11.5. The van der Waals surface area contributed by atoms with Crippen molar-refractivity contribution >= 4 is 80.1 Å². The quantitative estimate of drug-likeness (QED) is 0.139. The van der Waals surface area contributed by atoms with E-state index in [2.05, 4.69) is 266 Å². The van der Waals surface area contributed by atoms with Crippen LogP contribution < -0.4 is 4.90 Å². The Morgan fingerprint density at radius 1 is 0.188 bits per heavy atom. The van der Waals surface area contributed by atoms with Gasteiger partial charge >= 0.3 is 0 Å². The van der Waals surface area contributed by atoms with E-state index in [1.807, 2.05) is 22.7 Å². The maximum Gasteiger partial charge on any atom is 0.0462 e. The van der Waals surface area contributed by atoms with Gasteiger partial charge in [-0.15, -0.1) is 22.7 Å². The van der Waals surface area contributed by atoms with Gasteiger partial charge in [0.2, 0.25) is 0 Å². The molecule has 0 radical (unpaired) electrons. The van der Waals surface area contributed by atoms with Crippen LogP contribution in [-0.2, 0) is 0 Å². The molecule has 13 aromatic rings. The largest absolute Gasteiger partial charge is 0.311 e. The van der Waals surface area contributed by atoms with Crippen molar-refractivity contribution in [1.82, 2.24) is 0 Å². The van der Waals surface area contributed by atoms with E-state index in [0.29, 0.717) is 0 Å². The van der Waals surface area contributed by atoms with E-state index in [-0.39, 0.29) is 0 Å². The Balaban J connectivity index is 0.794. The van der Waals surface area contributed by atoms with E-state index in [9.17, 15) is 0 Å². The lowest BCUT2D eigenvalue weighted by Crippen LogP contribution is -2.09. The molecule has 0 atom stereocenters. The second-order valence-corrected chi connectivity index (χ2v) is 19.9. The summed E-state index contributed by atoms with van der Waals surface area (Å²) in [6.07, 6.45) is 0. The van der Waals surface area contributed by atoms with Crippen LogP contribution in [0.2, 0.25) is 0 Å². The lowest BCUT2D eigenvalue weighted by atomic mass is 9.98. The molecule has 2 aromatic heterocycles. The molecule has 0 fully saturated rings. The van der Waals surface area contributed by atoms with E-state index >= 15 is 0 Å². The average Bonchev–Trinajstić information content (AvgIpc) is 4.00. The molecular formula is C66H43NS2. The van der Waals surface area contributed by atoms with Crippen molar-refractivity contribution in [2.45, 2.75) is 0 Å². The van der Waals surface area contributed by atoms with Gasteiger partial charge in [-0.05, 0) is 140 Å². The molecule has 2 heterocycles. The minimum Gasteiger partial charge on any atom is -0.311 e. The third-order valence-corrected chi connectivity index (χ3v) is 15.9. The van der Waals surface area contributed by atoms with Crippen LogP contribution >= 0.6 is 22.7 Å². The number of hydrogen-bond acceptors (Lipinski definition) is 3. The number of rotatable bonds is 9. The number of benzene rings is 11. The molecule has 13 rings (SSSR count). The third kappa shape index (κ3) is 7.78. The monoisotopic (exact) mass is 913 g/mol. The molecule has 1 nitrogen and oxygen atoms in total. The molecule has 0 amide bonds. The van der Waals surface area contributed by atoms with E-state index in [1.165, 1.54) is 107 Å². The maximum atomic E-state index is 2.36. The lowest BCUT2D eigenvalue weighted by Gasteiger charge is -2.26. The Morgan fingerprint density at radius 3 is 0.783 bits per heavy atom. The molecular weight excluding hydrogens is 871 g/mol. The van der Waals surface area contributed by atoms with Crippen LogP contribution in [0.4, 0.5) is 17.1 Å². The minimum atomic E-state index is 1.10. The van der Waals surface area contributed by atoms with Crippen molar-refractivity contribution in [3.05, 3.63) is 261 Å². The van der Waals surface area contributed by atoms with E-state index in [4.69, 9.17) is 0 Å². The predicted octanol–water partition coefficient (Wildman–Crippen LogP) is 19.9. The third-order valence-electron chi connectivity index (χ3n) is 13.6. The van der Waals surface area contributed by atoms with Crippen LogP contribution in [-0.4, -0.2) is 0 Å². The molecule has 69 heavy (non-hydrogen) atoms. The second-order valence-electron chi connectivity index (χ2n) is 17.7. The summed E-state index contributed by atoms with van der Waals surface area (Å²) >= 11 is 3.72. The highest BCUT2D eigenvalue weighted by Gasteiger charge is 2.15. The van der Waals surface area contributed by atoms with Crippen LogP contribution in [0.15, 0.2) is 261 Å². The summed E-state index contributed by atoms with van der Waals surface area (Å²) < 4.78 is 5.32. The van der Waals surface area contributed by atoms with Crippen LogP contribution in [0, 0.1) is 0 Å². The molecule has 0 unspecified atom stereocenters. The topological polar surface area (TPSA) is 3.24 Å². The smallest absolute Gasteiger partial charge is 0.0462 e. The Bertz CT molecular complexity index is 3740. The van der Waals surface area contributed by atoms with E-state index in [1.54, 1.807) is 0 Å². The summed E-state index contributed by atoms with van der Waals surface area (Å²) in [4.78, 5) is 2.36. The standard InChI is InChI=1S/C66H43NS2/c1-2-8-44(9-3-1)45-14-16-46(17-15-45)49-26-34-56(35-27-49)67(57-36-28-50(29-37-57)47-18-22-52(23-19-47)54-32-40-65-61(42-54)59-10-4-6-12-63(59)68-65)58-38-30-51(31-39-58)48-20-24-53(25-21-48)55-33-41-66-62(43-55)60-11-5-7-13-64(60)69-66/h1-43H. The van der Waals surface area contributed by atoms with Gasteiger partial charge in [0.1, 0.15) is 0 Å². The fourth-order valence-electron chi connectivity index (χ4n) is 9.86. The first-order valence-electron chi connectivity index (χ1n) is 23.5.